The minimum Gasteiger partial charge on any atom is -0.481 e. The van der Waals surface area contributed by atoms with Gasteiger partial charge in [-0.15, -0.1) is 0 Å². The van der Waals surface area contributed by atoms with Gasteiger partial charge in [0.1, 0.15) is 0 Å². The highest BCUT2D eigenvalue weighted by atomic mass is 16.4. The summed E-state index contributed by atoms with van der Waals surface area (Å²) < 4.78 is 0. The van der Waals surface area contributed by atoms with Crippen molar-refractivity contribution in [2.75, 3.05) is 0 Å². The topological polar surface area (TPSA) is 54.4 Å². The second-order valence-electron chi connectivity index (χ2n) is 5.01. The maximum atomic E-state index is 12.5. The maximum Gasteiger partial charge on any atom is 0.307 e. The molecule has 18 heavy (non-hydrogen) atoms. The first-order valence-corrected chi connectivity index (χ1v) is 6.44. The van der Waals surface area contributed by atoms with Crippen molar-refractivity contribution in [2.24, 2.45) is 11.8 Å². The van der Waals surface area contributed by atoms with Crippen molar-refractivity contribution < 1.29 is 14.7 Å². The Morgan fingerprint density at radius 1 is 1.11 bits per heavy atom. The zero-order valence-corrected chi connectivity index (χ0v) is 10.6. The van der Waals surface area contributed by atoms with Crippen molar-refractivity contribution in [2.45, 2.75) is 32.6 Å². The highest BCUT2D eigenvalue weighted by Crippen LogP contribution is 2.33. The van der Waals surface area contributed by atoms with Crippen LogP contribution in [-0.2, 0) is 4.79 Å². The van der Waals surface area contributed by atoms with Crippen LogP contribution in [0, 0.1) is 18.8 Å². The SMILES string of the molecule is Cc1ccccc1C(=O)[C@@H]1CCCC[C@H]1C(=O)O. The summed E-state index contributed by atoms with van der Waals surface area (Å²) in [5.41, 5.74) is 1.60. The molecule has 0 unspecified atom stereocenters. The second kappa shape index (κ2) is 5.34. The van der Waals surface area contributed by atoms with Gasteiger partial charge >= 0.3 is 5.97 Å². The summed E-state index contributed by atoms with van der Waals surface area (Å²) in [5, 5.41) is 9.22. The first-order valence-electron chi connectivity index (χ1n) is 6.44. The number of carboxylic acid groups (broad SMARTS) is 1. The van der Waals surface area contributed by atoms with Crippen molar-refractivity contribution in [3.05, 3.63) is 35.4 Å². The quantitative estimate of drug-likeness (QED) is 0.834. The molecule has 0 spiro atoms. The van der Waals surface area contributed by atoms with Gasteiger partial charge < -0.3 is 5.11 Å². The van der Waals surface area contributed by atoms with Gasteiger partial charge in [0.2, 0.25) is 0 Å². The van der Waals surface area contributed by atoms with E-state index in [4.69, 9.17) is 0 Å². The molecule has 1 N–H and O–H groups in total. The Labute approximate surface area is 107 Å². The molecule has 96 valence electrons. The number of carbonyl (C=O) groups is 2. The third-order valence-electron chi connectivity index (χ3n) is 3.83. The molecule has 0 radical (unpaired) electrons. The lowest BCUT2D eigenvalue weighted by Gasteiger charge is -2.27. The summed E-state index contributed by atoms with van der Waals surface area (Å²) in [6.45, 7) is 1.89. The number of Topliss-reactive ketones (excluding diaryl/α,β-unsaturated/α-hetero) is 1. The molecule has 3 heteroatoms. The maximum absolute atomic E-state index is 12.5. The lowest BCUT2D eigenvalue weighted by Crippen LogP contribution is -2.33. The largest absolute Gasteiger partial charge is 0.481 e. The molecule has 2 rings (SSSR count). The van der Waals surface area contributed by atoms with Crippen LogP contribution in [0.5, 0.6) is 0 Å². The molecule has 3 nitrogen and oxygen atoms in total. The minimum atomic E-state index is -0.832. The Morgan fingerprint density at radius 3 is 2.33 bits per heavy atom. The van der Waals surface area contributed by atoms with E-state index in [1.54, 1.807) is 6.07 Å². The summed E-state index contributed by atoms with van der Waals surface area (Å²) in [4.78, 5) is 23.7. The third kappa shape index (κ3) is 2.45. The molecule has 1 fully saturated rings. The van der Waals surface area contributed by atoms with Crippen LogP contribution in [0.15, 0.2) is 24.3 Å². The van der Waals surface area contributed by atoms with Crippen molar-refractivity contribution in [1.82, 2.24) is 0 Å². The van der Waals surface area contributed by atoms with Gasteiger partial charge in [0.15, 0.2) is 5.78 Å². The van der Waals surface area contributed by atoms with E-state index in [-0.39, 0.29) is 11.7 Å². The molecule has 0 heterocycles. The fourth-order valence-electron chi connectivity index (χ4n) is 2.79. The van der Waals surface area contributed by atoms with Crippen LogP contribution in [0.1, 0.15) is 41.6 Å². The Morgan fingerprint density at radius 2 is 1.72 bits per heavy atom. The van der Waals surface area contributed by atoms with Gasteiger partial charge in [-0.3, -0.25) is 9.59 Å². The standard InChI is InChI=1S/C15H18O3/c1-10-6-2-3-7-11(10)14(16)12-8-4-5-9-13(12)15(17)18/h2-3,6-7,12-13H,4-5,8-9H2,1H3,(H,17,18)/t12-,13-/m1/s1. The first-order chi connectivity index (χ1) is 8.61. The second-order valence-corrected chi connectivity index (χ2v) is 5.01. The molecule has 1 saturated carbocycles. The van der Waals surface area contributed by atoms with Crippen LogP contribution in [0.4, 0.5) is 0 Å². The van der Waals surface area contributed by atoms with E-state index >= 15 is 0 Å². The molecular formula is C15H18O3. The fourth-order valence-corrected chi connectivity index (χ4v) is 2.79. The van der Waals surface area contributed by atoms with E-state index in [0.29, 0.717) is 18.4 Å². The normalized spacial score (nSPS) is 23.6. The number of aryl methyl sites for hydroxylation is 1. The van der Waals surface area contributed by atoms with Gasteiger partial charge in [-0.2, -0.15) is 0 Å². The van der Waals surface area contributed by atoms with Gasteiger partial charge in [0, 0.05) is 11.5 Å². The predicted molar refractivity (Wildman–Crippen MR) is 68.6 cm³/mol. The number of carbonyl (C=O) groups excluding carboxylic acids is 1. The number of ketones is 1. The van der Waals surface area contributed by atoms with E-state index in [9.17, 15) is 14.7 Å². The van der Waals surface area contributed by atoms with E-state index < -0.39 is 11.9 Å². The summed E-state index contributed by atoms with van der Waals surface area (Å²) in [5.74, 6) is -1.69. The zero-order valence-electron chi connectivity index (χ0n) is 10.6. The predicted octanol–water partition coefficient (Wildman–Crippen LogP) is 3.07. The van der Waals surface area contributed by atoms with Crippen molar-refractivity contribution in [3.63, 3.8) is 0 Å². The Kier molecular flexibility index (Phi) is 3.80. The number of benzene rings is 1. The van der Waals surface area contributed by atoms with Gasteiger partial charge in [0.05, 0.1) is 5.92 Å². The summed E-state index contributed by atoms with van der Waals surface area (Å²) in [6.07, 6.45) is 3.18. The number of rotatable bonds is 3. The van der Waals surface area contributed by atoms with E-state index in [2.05, 4.69) is 0 Å². The van der Waals surface area contributed by atoms with Crippen LogP contribution in [0.25, 0.3) is 0 Å². The lowest BCUT2D eigenvalue weighted by molar-refractivity contribution is -0.144. The highest BCUT2D eigenvalue weighted by molar-refractivity contribution is 6.01. The van der Waals surface area contributed by atoms with E-state index in [1.807, 2.05) is 25.1 Å². The van der Waals surface area contributed by atoms with Crippen LogP contribution in [0.2, 0.25) is 0 Å². The van der Waals surface area contributed by atoms with Crippen molar-refractivity contribution in [1.29, 1.82) is 0 Å². The minimum absolute atomic E-state index is 0.000185. The molecule has 0 bridgehead atoms. The van der Waals surface area contributed by atoms with Crippen LogP contribution < -0.4 is 0 Å². The Balaban J connectivity index is 2.27. The van der Waals surface area contributed by atoms with Crippen LogP contribution in [0.3, 0.4) is 0 Å². The molecule has 2 atom stereocenters. The molecule has 1 aliphatic carbocycles. The van der Waals surface area contributed by atoms with Crippen LogP contribution in [-0.4, -0.2) is 16.9 Å². The monoisotopic (exact) mass is 246 g/mol. The smallest absolute Gasteiger partial charge is 0.307 e. The highest BCUT2D eigenvalue weighted by Gasteiger charge is 2.36. The number of carboxylic acids is 1. The van der Waals surface area contributed by atoms with E-state index in [0.717, 1.165) is 18.4 Å². The summed E-state index contributed by atoms with van der Waals surface area (Å²) in [7, 11) is 0. The molecule has 1 aliphatic rings. The molecular weight excluding hydrogens is 228 g/mol. The average molecular weight is 246 g/mol. The van der Waals surface area contributed by atoms with Crippen LogP contribution >= 0.6 is 0 Å². The fraction of sp³-hybridized carbons (Fsp3) is 0.467. The van der Waals surface area contributed by atoms with E-state index in [1.165, 1.54) is 0 Å². The average Bonchev–Trinajstić information content (AvgIpc) is 2.38. The summed E-state index contributed by atoms with van der Waals surface area (Å²) in [6, 6.07) is 7.41. The number of aliphatic carboxylic acids is 1. The molecule has 1 aromatic carbocycles. The lowest BCUT2D eigenvalue weighted by atomic mass is 9.75. The molecule has 1 aromatic rings. The third-order valence-corrected chi connectivity index (χ3v) is 3.83. The summed E-state index contributed by atoms with van der Waals surface area (Å²) >= 11 is 0. The molecule has 0 aliphatic heterocycles. The van der Waals surface area contributed by atoms with Gasteiger partial charge in [-0.1, -0.05) is 37.1 Å². The molecule has 0 saturated heterocycles. The molecule has 0 amide bonds. The molecule has 0 aromatic heterocycles. The van der Waals surface area contributed by atoms with Gasteiger partial charge in [-0.25, -0.2) is 0 Å². The zero-order chi connectivity index (χ0) is 13.1. The number of hydrogen-bond donors (Lipinski definition) is 1. The number of hydrogen-bond acceptors (Lipinski definition) is 2. The Hall–Kier alpha value is -1.64. The first kappa shape index (κ1) is 12.8. The van der Waals surface area contributed by atoms with Gasteiger partial charge in [0.25, 0.3) is 0 Å². The van der Waals surface area contributed by atoms with Crippen molar-refractivity contribution in [3.8, 4) is 0 Å². The van der Waals surface area contributed by atoms with Crippen molar-refractivity contribution >= 4 is 11.8 Å². The van der Waals surface area contributed by atoms with Gasteiger partial charge in [-0.05, 0) is 25.3 Å². The Bertz CT molecular complexity index is 465.